The Hall–Kier alpha value is -3.59. The van der Waals surface area contributed by atoms with E-state index in [1.165, 1.54) is 6.07 Å². The molecule has 4 heterocycles. The molecule has 1 aromatic heterocycles. The zero-order chi connectivity index (χ0) is 26.1. The van der Waals surface area contributed by atoms with E-state index >= 15 is 0 Å². The van der Waals surface area contributed by atoms with Crippen LogP contribution in [0.4, 0.5) is 25.0 Å². The van der Waals surface area contributed by atoms with E-state index in [9.17, 15) is 13.6 Å². The number of halogens is 2. The van der Waals surface area contributed by atoms with Crippen LogP contribution in [-0.4, -0.2) is 60.8 Å². The molecule has 3 fully saturated rings. The second-order valence-electron chi connectivity index (χ2n) is 10.1. The predicted octanol–water partition coefficient (Wildman–Crippen LogP) is 5.22. The van der Waals surface area contributed by atoms with Gasteiger partial charge in [0.1, 0.15) is 24.1 Å². The molecule has 1 unspecified atom stereocenters. The predicted molar refractivity (Wildman–Crippen MR) is 139 cm³/mol. The van der Waals surface area contributed by atoms with E-state index in [4.69, 9.17) is 14.7 Å². The number of fused-ring (bicyclic) bond motifs is 3. The highest BCUT2D eigenvalue weighted by molar-refractivity contribution is 5.84. The quantitative estimate of drug-likeness (QED) is 0.493. The van der Waals surface area contributed by atoms with Crippen molar-refractivity contribution in [3.05, 3.63) is 71.7 Å². The lowest BCUT2D eigenvalue weighted by Crippen LogP contribution is -2.54. The van der Waals surface area contributed by atoms with Crippen LogP contribution in [0.2, 0.25) is 0 Å². The van der Waals surface area contributed by atoms with Crippen LogP contribution in [-0.2, 0) is 4.74 Å². The van der Waals surface area contributed by atoms with Gasteiger partial charge in [0.05, 0.1) is 11.4 Å². The molecule has 7 nitrogen and oxygen atoms in total. The van der Waals surface area contributed by atoms with Gasteiger partial charge in [0.15, 0.2) is 0 Å². The van der Waals surface area contributed by atoms with Crippen LogP contribution in [0.15, 0.2) is 48.5 Å². The fraction of sp³-hybridized carbons (Fsp3) is 0.393. The number of hydrogen-bond donors (Lipinski definition) is 1. The lowest BCUT2D eigenvalue weighted by atomic mass is 9.74. The Morgan fingerprint density at radius 2 is 1.92 bits per heavy atom. The van der Waals surface area contributed by atoms with Crippen molar-refractivity contribution in [2.24, 2.45) is 5.92 Å². The molecule has 4 atom stereocenters. The van der Waals surface area contributed by atoms with Crippen molar-refractivity contribution in [1.82, 2.24) is 14.9 Å². The van der Waals surface area contributed by atoms with Gasteiger partial charge >= 0.3 is 6.09 Å². The number of carbonyl (C=O) groups excluding carboxylic acids is 1. The molecular formula is C28H31F2N5O2. The number of hydrogen-bond acceptors (Lipinski definition) is 6. The number of benzene rings is 2. The molecule has 2 aromatic carbocycles. The molecule has 0 saturated carbocycles. The summed E-state index contributed by atoms with van der Waals surface area (Å²) >= 11 is 0. The Morgan fingerprint density at radius 1 is 1.14 bits per heavy atom. The number of carbonyl (C=O) groups is 1. The summed E-state index contributed by atoms with van der Waals surface area (Å²) in [6.45, 7) is 3.92. The molecule has 37 heavy (non-hydrogen) atoms. The first-order valence-electron chi connectivity index (χ1n) is 12.5. The summed E-state index contributed by atoms with van der Waals surface area (Å²) < 4.78 is 32.3. The zero-order valence-corrected chi connectivity index (χ0v) is 21.2. The number of anilines is 2. The molecule has 3 aromatic rings. The van der Waals surface area contributed by atoms with Crippen molar-refractivity contribution >= 4 is 17.5 Å². The SMILES string of the molecule is Cc1nc(-c2ccc(N(C)C)cc2)cc([C@H]2CN3CC[C@H]2C[C@@H]3COC(=O)Nc2ccc(F)cc2F)n1. The van der Waals surface area contributed by atoms with Gasteiger partial charge in [-0.2, -0.15) is 0 Å². The van der Waals surface area contributed by atoms with Gasteiger partial charge in [-0.15, -0.1) is 0 Å². The standard InChI is InChI=1S/C28H31F2N5O2/c1-17-31-26(18-4-7-21(8-5-18)34(2)3)14-27(32-17)23-15-35-11-10-19(23)12-22(35)16-37-28(36)33-25-9-6-20(29)13-24(25)30/h4-9,13-14,19,22-23H,10-12,15-16H2,1-3H3,(H,33,36)/t19-,22+,23-/m0/s1. The number of nitrogens with one attached hydrogen (secondary N) is 1. The average molecular weight is 508 g/mol. The second kappa shape index (κ2) is 10.4. The molecule has 1 amide bonds. The molecule has 1 N–H and O–H groups in total. The average Bonchev–Trinajstić information content (AvgIpc) is 2.89. The van der Waals surface area contributed by atoms with Gasteiger partial charge in [-0.3, -0.25) is 10.2 Å². The number of amides is 1. The number of nitrogens with zero attached hydrogens (tertiary/aromatic N) is 4. The van der Waals surface area contributed by atoms with Crippen LogP contribution in [0.3, 0.4) is 0 Å². The molecule has 0 radical (unpaired) electrons. The Labute approximate surface area is 215 Å². The van der Waals surface area contributed by atoms with Crippen LogP contribution in [0, 0.1) is 24.5 Å². The largest absolute Gasteiger partial charge is 0.448 e. The Bertz CT molecular complexity index is 1280. The molecule has 3 aliphatic rings. The lowest BCUT2D eigenvalue weighted by Gasteiger charge is -2.49. The molecule has 6 rings (SSSR count). The van der Waals surface area contributed by atoms with E-state index in [0.29, 0.717) is 5.92 Å². The van der Waals surface area contributed by atoms with E-state index in [1.807, 2.05) is 21.0 Å². The highest BCUT2D eigenvalue weighted by Crippen LogP contribution is 2.42. The third-order valence-corrected chi connectivity index (χ3v) is 7.37. The van der Waals surface area contributed by atoms with E-state index in [0.717, 1.165) is 66.5 Å². The number of aromatic nitrogens is 2. The summed E-state index contributed by atoms with van der Waals surface area (Å²) in [5, 5.41) is 2.35. The normalized spacial score (nSPS) is 22.5. The fourth-order valence-corrected chi connectivity index (χ4v) is 5.41. The van der Waals surface area contributed by atoms with Crippen molar-refractivity contribution in [2.45, 2.75) is 31.7 Å². The third kappa shape index (κ3) is 5.56. The Balaban J connectivity index is 1.23. The van der Waals surface area contributed by atoms with Gasteiger partial charge in [0, 0.05) is 55.6 Å². The second-order valence-corrected chi connectivity index (χ2v) is 10.1. The monoisotopic (exact) mass is 507 g/mol. The lowest BCUT2D eigenvalue weighted by molar-refractivity contribution is -0.00152. The van der Waals surface area contributed by atoms with E-state index < -0.39 is 17.7 Å². The van der Waals surface area contributed by atoms with Crippen LogP contribution in [0.5, 0.6) is 0 Å². The number of ether oxygens (including phenoxy) is 1. The maximum Gasteiger partial charge on any atom is 0.411 e. The molecule has 2 bridgehead atoms. The van der Waals surface area contributed by atoms with Gasteiger partial charge in [-0.1, -0.05) is 12.1 Å². The van der Waals surface area contributed by atoms with Crippen LogP contribution in [0.1, 0.15) is 30.3 Å². The number of aryl methyl sites for hydroxylation is 1. The fourth-order valence-electron chi connectivity index (χ4n) is 5.41. The maximum absolute atomic E-state index is 13.8. The van der Waals surface area contributed by atoms with Gasteiger partial charge in [-0.05, 0) is 62.6 Å². The number of piperidine rings is 3. The van der Waals surface area contributed by atoms with Gasteiger partial charge < -0.3 is 9.64 Å². The Kier molecular flexibility index (Phi) is 7.06. The minimum Gasteiger partial charge on any atom is -0.448 e. The Morgan fingerprint density at radius 3 is 2.59 bits per heavy atom. The minimum absolute atomic E-state index is 0.0970. The van der Waals surface area contributed by atoms with Crippen molar-refractivity contribution in [3.63, 3.8) is 0 Å². The maximum atomic E-state index is 13.8. The van der Waals surface area contributed by atoms with Crippen molar-refractivity contribution in [2.75, 3.05) is 44.0 Å². The van der Waals surface area contributed by atoms with Crippen molar-refractivity contribution in [1.29, 1.82) is 0 Å². The summed E-state index contributed by atoms with van der Waals surface area (Å²) in [5.41, 5.74) is 4.07. The van der Waals surface area contributed by atoms with Crippen molar-refractivity contribution < 1.29 is 18.3 Å². The van der Waals surface area contributed by atoms with Crippen molar-refractivity contribution in [3.8, 4) is 11.3 Å². The van der Waals surface area contributed by atoms with Gasteiger partial charge in [-0.25, -0.2) is 23.5 Å². The van der Waals surface area contributed by atoms with E-state index in [1.54, 1.807) is 0 Å². The summed E-state index contributed by atoms with van der Waals surface area (Å²) in [6, 6.07) is 13.6. The molecule has 3 saturated heterocycles. The first-order chi connectivity index (χ1) is 17.8. The molecule has 0 spiro atoms. The molecule has 9 heteroatoms. The summed E-state index contributed by atoms with van der Waals surface area (Å²) in [4.78, 5) is 26.1. The summed E-state index contributed by atoms with van der Waals surface area (Å²) in [7, 11) is 4.04. The topological polar surface area (TPSA) is 70.6 Å². The highest BCUT2D eigenvalue weighted by atomic mass is 19.1. The van der Waals surface area contributed by atoms with Gasteiger partial charge in [0.25, 0.3) is 0 Å². The van der Waals surface area contributed by atoms with E-state index in [2.05, 4.69) is 45.4 Å². The zero-order valence-electron chi connectivity index (χ0n) is 21.2. The first kappa shape index (κ1) is 25.1. The highest BCUT2D eigenvalue weighted by Gasteiger charge is 2.42. The smallest absolute Gasteiger partial charge is 0.411 e. The summed E-state index contributed by atoms with van der Waals surface area (Å²) in [5.74, 6) is -0.0769. The molecule has 0 aliphatic carbocycles. The van der Waals surface area contributed by atoms with Crippen LogP contribution in [0.25, 0.3) is 11.3 Å². The molecule has 3 aliphatic heterocycles. The van der Waals surface area contributed by atoms with E-state index in [-0.39, 0.29) is 24.3 Å². The van der Waals surface area contributed by atoms with Crippen LogP contribution < -0.4 is 10.2 Å². The third-order valence-electron chi connectivity index (χ3n) is 7.37. The summed E-state index contributed by atoms with van der Waals surface area (Å²) in [6.07, 6.45) is 1.20. The minimum atomic E-state index is -0.839. The molecular weight excluding hydrogens is 476 g/mol. The molecule has 194 valence electrons. The van der Waals surface area contributed by atoms with Crippen LogP contribution >= 0.6 is 0 Å². The van der Waals surface area contributed by atoms with Gasteiger partial charge in [0.2, 0.25) is 0 Å². The first-order valence-corrected chi connectivity index (χ1v) is 12.5. The number of rotatable bonds is 6.